The van der Waals surface area contributed by atoms with Crippen molar-refractivity contribution in [2.75, 3.05) is 18.0 Å². The molecule has 0 bridgehead atoms. The molecule has 0 fully saturated rings. The zero-order valence-corrected chi connectivity index (χ0v) is 13.8. The van der Waals surface area contributed by atoms with Gasteiger partial charge in [0.2, 0.25) is 5.95 Å². The van der Waals surface area contributed by atoms with Gasteiger partial charge < -0.3 is 9.47 Å². The van der Waals surface area contributed by atoms with Gasteiger partial charge in [0.15, 0.2) is 11.2 Å². The summed E-state index contributed by atoms with van der Waals surface area (Å²) < 4.78 is 3.36. The number of nitrogens with zero attached hydrogens (tertiary/aromatic N) is 4. The Kier molecular flexibility index (Phi) is 5.05. The van der Waals surface area contributed by atoms with E-state index in [1.807, 2.05) is 4.57 Å². The maximum atomic E-state index is 12.3. The van der Waals surface area contributed by atoms with Crippen LogP contribution in [0, 0.1) is 0 Å². The van der Waals surface area contributed by atoms with Gasteiger partial charge in [0, 0.05) is 26.7 Å². The van der Waals surface area contributed by atoms with Crippen molar-refractivity contribution in [1.29, 1.82) is 0 Å². The van der Waals surface area contributed by atoms with Crippen LogP contribution in [0.1, 0.15) is 40.0 Å². The molecule has 1 N–H and O–H groups in total. The monoisotopic (exact) mass is 307 g/mol. The third-order valence-corrected chi connectivity index (χ3v) is 4.02. The molecule has 2 aromatic heterocycles. The second kappa shape index (κ2) is 6.81. The van der Waals surface area contributed by atoms with Gasteiger partial charge >= 0.3 is 5.69 Å². The normalized spacial score (nSPS) is 11.3. The number of imidazole rings is 1. The first-order chi connectivity index (χ1) is 10.5. The number of fused-ring (bicyclic) bond motifs is 1. The molecule has 0 aliphatic heterocycles. The quantitative estimate of drug-likeness (QED) is 0.786. The van der Waals surface area contributed by atoms with Gasteiger partial charge in [-0.05, 0) is 20.3 Å². The van der Waals surface area contributed by atoms with Gasteiger partial charge in [0.1, 0.15) is 0 Å². The summed E-state index contributed by atoms with van der Waals surface area (Å²) in [7, 11) is 1.63. The van der Waals surface area contributed by atoms with Crippen molar-refractivity contribution >= 4 is 17.1 Å². The van der Waals surface area contributed by atoms with Crippen molar-refractivity contribution in [2.45, 2.75) is 46.6 Å². The largest absolute Gasteiger partial charge is 0.343 e. The summed E-state index contributed by atoms with van der Waals surface area (Å²) in [4.78, 5) is 33.1. The number of rotatable bonds is 7. The molecular weight excluding hydrogens is 282 g/mol. The Morgan fingerprint density at radius 1 is 1.14 bits per heavy atom. The number of unbranched alkanes of at least 4 members (excludes halogenated alkanes) is 2. The second-order valence-corrected chi connectivity index (χ2v) is 5.43. The number of aromatic amines is 1. The molecule has 0 aliphatic rings. The van der Waals surface area contributed by atoms with Crippen molar-refractivity contribution in [3.05, 3.63) is 20.8 Å². The summed E-state index contributed by atoms with van der Waals surface area (Å²) >= 11 is 0. The van der Waals surface area contributed by atoms with Crippen molar-refractivity contribution in [2.24, 2.45) is 7.05 Å². The van der Waals surface area contributed by atoms with Gasteiger partial charge in [-0.3, -0.25) is 14.3 Å². The molecule has 0 atom stereocenters. The van der Waals surface area contributed by atoms with Gasteiger partial charge in [-0.25, -0.2) is 4.79 Å². The highest BCUT2D eigenvalue weighted by Gasteiger charge is 2.19. The van der Waals surface area contributed by atoms with E-state index in [9.17, 15) is 9.59 Å². The van der Waals surface area contributed by atoms with Gasteiger partial charge in [0.25, 0.3) is 5.56 Å². The highest BCUT2D eigenvalue weighted by Crippen LogP contribution is 2.20. The van der Waals surface area contributed by atoms with Crippen LogP contribution in [-0.4, -0.2) is 32.2 Å². The number of nitrogens with one attached hydrogen (secondary N) is 1. The zero-order chi connectivity index (χ0) is 16.3. The number of H-pyrrole nitrogens is 1. The fourth-order valence-electron chi connectivity index (χ4n) is 2.70. The van der Waals surface area contributed by atoms with Crippen LogP contribution in [0.25, 0.3) is 11.2 Å². The minimum atomic E-state index is -0.429. The average Bonchev–Trinajstić information content (AvgIpc) is 2.87. The molecule has 22 heavy (non-hydrogen) atoms. The lowest BCUT2D eigenvalue weighted by Gasteiger charge is -2.21. The zero-order valence-electron chi connectivity index (χ0n) is 13.8. The molecule has 0 spiro atoms. The number of hydrogen-bond acceptors (Lipinski definition) is 4. The molecule has 0 aliphatic carbocycles. The topological polar surface area (TPSA) is 75.9 Å². The molecule has 0 unspecified atom stereocenters. The maximum Gasteiger partial charge on any atom is 0.329 e. The van der Waals surface area contributed by atoms with Gasteiger partial charge in [-0.1, -0.05) is 19.8 Å². The summed E-state index contributed by atoms with van der Waals surface area (Å²) in [6, 6.07) is 0. The van der Waals surface area contributed by atoms with E-state index in [2.05, 4.69) is 35.6 Å². The molecular formula is C15H25N5O2. The Bertz CT molecular complexity index is 752. The van der Waals surface area contributed by atoms with E-state index in [1.54, 1.807) is 7.05 Å². The van der Waals surface area contributed by atoms with E-state index in [-0.39, 0.29) is 5.56 Å². The molecule has 0 saturated heterocycles. The van der Waals surface area contributed by atoms with Crippen LogP contribution in [0.2, 0.25) is 0 Å². The van der Waals surface area contributed by atoms with E-state index in [4.69, 9.17) is 0 Å². The predicted molar refractivity (Wildman–Crippen MR) is 88.7 cm³/mol. The molecule has 0 saturated carbocycles. The smallest absolute Gasteiger partial charge is 0.329 e. The fourth-order valence-corrected chi connectivity index (χ4v) is 2.70. The first kappa shape index (κ1) is 16.3. The molecule has 0 aromatic carbocycles. The highest BCUT2D eigenvalue weighted by molar-refractivity contribution is 5.74. The van der Waals surface area contributed by atoms with Gasteiger partial charge in [0.05, 0.1) is 0 Å². The lowest BCUT2D eigenvalue weighted by atomic mass is 10.2. The molecule has 0 radical (unpaired) electrons. The van der Waals surface area contributed by atoms with Crippen LogP contribution in [0.15, 0.2) is 9.59 Å². The Balaban J connectivity index is 2.69. The summed E-state index contributed by atoms with van der Waals surface area (Å²) in [5.41, 5.74) is 0.148. The van der Waals surface area contributed by atoms with Crippen molar-refractivity contribution in [3.63, 3.8) is 0 Å². The van der Waals surface area contributed by atoms with E-state index in [0.717, 1.165) is 44.8 Å². The van der Waals surface area contributed by atoms with E-state index >= 15 is 0 Å². The molecule has 7 nitrogen and oxygen atoms in total. The summed E-state index contributed by atoms with van der Waals surface area (Å²) in [6.07, 6.45) is 3.20. The molecule has 122 valence electrons. The van der Waals surface area contributed by atoms with Crippen LogP contribution in [0.4, 0.5) is 5.95 Å². The predicted octanol–water partition coefficient (Wildman–Crippen LogP) is 1.46. The molecule has 2 rings (SSSR count). The van der Waals surface area contributed by atoms with Gasteiger partial charge in [-0.2, -0.15) is 4.98 Å². The number of aryl methyl sites for hydroxylation is 2. The van der Waals surface area contributed by atoms with E-state index < -0.39 is 5.69 Å². The maximum absolute atomic E-state index is 12.3. The van der Waals surface area contributed by atoms with Crippen LogP contribution < -0.4 is 16.1 Å². The minimum Gasteiger partial charge on any atom is -0.343 e. The minimum absolute atomic E-state index is 0.361. The first-order valence-corrected chi connectivity index (χ1v) is 7.99. The van der Waals surface area contributed by atoms with E-state index in [1.165, 1.54) is 4.57 Å². The van der Waals surface area contributed by atoms with Crippen molar-refractivity contribution in [3.8, 4) is 0 Å². The summed E-state index contributed by atoms with van der Waals surface area (Å²) in [5, 5.41) is 0. The Labute approximate surface area is 129 Å². The Morgan fingerprint density at radius 3 is 2.41 bits per heavy atom. The number of aromatic nitrogens is 4. The van der Waals surface area contributed by atoms with Crippen LogP contribution >= 0.6 is 0 Å². The van der Waals surface area contributed by atoms with Crippen LogP contribution in [0.3, 0.4) is 0 Å². The lowest BCUT2D eigenvalue weighted by Crippen LogP contribution is -2.29. The highest BCUT2D eigenvalue weighted by atomic mass is 16.2. The van der Waals surface area contributed by atoms with Crippen molar-refractivity contribution in [1.82, 2.24) is 19.1 Å². The summed E-state index contributed by atoms with van der Waals surface area (Å²) in [6.45, 7) is 8.61. The van der Waals surface area contributed by atoms with E-state index in [0.29, 0.717) is 11.2 Å². The van der Waals surface area contributed by atoms with Crippen LogP contribution in [0.5, 0.6) is 0 Å². The molecule has 2 heterocycles. The molecule has 7 heteroatoms. The molecule has 0 amide bonds. The Hall–Kier alpha value is -2.05. The second-order valence-electron chi connectivity index (χ2n) is 5.43. The molecule has 2 aromatic rings. The Morgan fingerprint density at radius 2 is 1.82 bits per heavy atom. The SMILES string of the molecule is CCCCCn1c(N(CC)CC)nc2c1c(=O)[nH]c(=O)n2C. The first-order valence-electron chi connectivity index (χ1n) is 7.99. The standard InChI is InChI=1S/C15H25N5O2/c1-5-8-9-10-20-11-12(16-14(20)19(6-2)7-3)18(4)15(22)17-13(11)21/h5-10H2,1-4H3,(H,17,21,22). The van der Waals surface area contributed by atoms with Gasteiger partial charge in [-0.15, -0.1) is 0 Å². The number of hydrogen-bond donors (Lipinski definition) is 1. The lowest BCUT2D eigenvalue weighted by molar-refractivity contribution is 0.603. The van der Waals surface area contributed by atoms with Crippen LogP contribution in [-0.2, 0) is 13.6 Å². The third-order valence-electron chi connectivity index (χ3n) is 4.02. The third kappa shape index (κ3) is 2.80. The summed E-state index contributed by atoms with van der Waals surface area (Å²) in [5.74, 6) is 0.766. The number of anilines is 1. The average molecular weight is 307 g/mol. The van der Waals surface area contributed by atoms with Crippen molar-refractivity contribution < 1.29 is 0 Å². The fraction of sp³-hybridized carbons (Fsp3) is 0.667.